The summed E-state index contributed by atoms with van der Waals surface area (Å²) in [5.74, 6) is 1.20. The van der Waals surface area contributed by atoms with Gasteiger partial charge in [-0.25, -0.2) is 4.98 Å². The molecular weight excluding hydrogens is 392 g/mol. The number of carbonyl (C=O) groups is 1. The molecule has 4 rings (SSSR count). The Labute approximate surface area is 184 Å². The predicted octanol–water partition coefficient (Wildman–Crippen LogP) is 5.15. The second-order valence-corrected chi connectivity index (χ2v) is 10.1. The van der Waals surface area contributed by atoms with Gasteiger partial charge in [0.25, 0.3) is 0 Å². The van der Waals surface area contributed by atoms with Gasteiger partial charge >= 0.3 is 0 Å². The maximum atomic E-state index is 12.7. The fourth-order valence-corrected chi connectivity index (χ4v) is 5.35. The van der Waals surface area contributed by atoms with Gasteiger partial charge in [-0.2, -0.15) is 0 Å². The molecule has 1 aliphatic carbocycles. The van der Waals surface area contributed by atoms with Crippen LogP contribution in [0.4, 0.5) is 10.8 Å². The summed E-state index contributed by atoms with van der Waals surface area (Å²) in [6.45, 7) is 11.2. The highest BCUT2D eigenvalue weighted by Crippen LogP contribution is 2.30. The van der Waals surface area contributed by atoms with E-state index in [0.29, 0.717) is 17.7 Å². The molecule has 1 saturated heterocycles. The molecule has 1 amide bonds. The first-order valence-corrected chi connectivity index (χ1v) is 12.2. The van der Waals surface area contributed by atoms with Crippen molar-refractivity contribution < 1.29 is 4.79 Å². The molecule has 2 fully saturated rings. The van der Waals surface area contributed by atoms with Gasteiger partial charge in [-0.1, -0.05) is 38.8 Å². The van der Waals surface area contributed by atoms with Crippen LogP contribution in [0.15, 0.2) is 24.4 Å². The van der Waals surface area contributed by atoms with E-state index in [0.717, 1.165) is 56.4 Å². The minimum Gasteiger partial charge on any atom is -0.340 e. The fraction of sp³-hybridized carbons (Fsp3) is 0.583. The Kier molecular flexibility index (Phi) is 6.74. The molecule has 1 aromatic carbocycles. The Morgan fingerprint density at radius 2 is 1.93 bits per heavy atom. The van der Waals surface area contributed by atoms with Crippen molar-refractivity contribution in [1.29, 1.82) is 0 Å². The molecule has 162 valence electrons. The van der Waals surface area contributed by atoms with Crippen LogP contribution in [0, 0.1) is 12.8 Å². The van der Waals surface area contributed by atoms with E-state index in [4.69, 9.17) is 0 Å². The zero-order valence-electron chi connectivity index (χ0n) is 18.5. The average molecular weight is 427 g/mol. The normalized spacial score (nSPS) is 18.3. The van der Waals surface area contributed by atoms with Crippen molar-refractivity contribution >= 4 is 28.1 Å². The molecule has 0 spiro atoms. The SMILES string of the molecule is Cc1c(CN2CCN(C(=O)C3CCCC3)CC2)cccc1Nc1ncc(C(C)C)s1. The van der Waals surface area contributed by atoms with Crippen molar-refractivity contribution in [3.63, 3.8) is 0 Å². The van der Waals surface area contributed by atoms with Gasteiger partial charge < -0.3 is 10.2 Å². The summed E-state index contributed by atoms with van der Waals surface area (Å²) >= 11 is 1.73. The predicted molar refractivity (Wildman–Crippen MR) is 124 cm³/mol. The Hall–Kier alpha value is -1.92. The molecule has 5 nitrogen and oxygen atoms in total. The van der Waals surface area contributed by atoms with Gasteiger partial charge in [-0.15, -0.1) is 11.3 Å². The van der Waals surface area contributed by atoms with Crippen LogP contribution in [0.5, 0.6) is 0 Å². The number of thiazole rings is 1. The molecular formula is C24H34N4OS. The molecule has 1 aliphatic heterocycles. The molecule has 30 heavy (non-hydrogen) atoms. The molecule has 2 heterocycles. The molecule has 2 aromatic rings. The maximum absolute atomic E-state index is 12.7. The Morgan fingerprint density at radius 1 is 1.20 bits per heavy atom. The summed E-state index contributed by atoms with van der Waals surface area (Å²) in [6.07, 6.45) is 6.61. The molecule has 1 saturated carbocycles. The highest BCUT2D eigenvalue weighted by molar-refractivity contribution is 7.15. The van der Waals surface area contributed by atoms with Crippen molar-refractivity contribution in [3.8, 4) is 0 Å². The minimum absolute atomic E-state index is 0.295. The Morgan fingerprint density at radius 3 is 2.60 bits per heavy atom. The number of aromatic nitrogens is 1. The third kappa shape index (κ3) is 4.86. The zero-order chi connectivity index (χ0) is 21.1. The summed E-state index contributed by atoms with van der Waals surface area (Å²) in [7, 11) is 0. The first kappa shape index (κ1) is 21.3. The Bertz CT molecular complexity index is 864. The van der Waals surface area contributed by atoms with Crippen LogP contribution >= 0.6 is 11.3 Å². The summed E-state index contributed by atoms with van der Waals surface area (Å²) in [5, 5.41) is 4.47. The average Bonchev–Trinajstić information content (AvgIpc) is 3.43. The fourth-order valence-electron chi connectivity index (χ4n) is 4.51. The third-order valence-corrected chi connectivity index (χ3v) is 7.78. The second kappa shape index (κ2) is 9.48. The second-order valence-electron chi connectivity index (χ2n) is 9.02. The number of carbonyl (C=O) groups excluding carboxylic acids is 1. The maximum Gasteiger partial charge on any atom is 0.225 e. The topological polar surface area (TPSA) is 48.5 Å². The number of rotatable bonds is 6. The van der Waals surface area contributed by atoms with Gasteiger partial charge in [-0.05, 0) is 42.9 Å². The molecule has 6 heteroatoms. The zero-order valence-corrected chi connectivity index (χ0v) is 19.3. The van der Waals surface area contributed by atoms with E-state index in [2.05, 4.69) is 59.1 Å². The number of amides is 1. The number of anilines is 2. The number of hydrogen-bond acceptors (Lipinski definition) is 5. The standard InChI is InChI=1S/C24H34N4OS/c1-17(2)22-15-25-24(30-22)26-21-10-6-9-20(18(21)3)16-27-11-13-28(14-12-27)23(29)19-7-4-5-8-19/h6,9-10,15,17,19H,4-5,7-8,11-14,16H2,1-3H3,(H,25,26). The van der Waals surface area contributed by atoms with E-state index in [1.54, 1.807) is 11.3 Å². The molecule has 1 aromatic heterocycles. The molecule has 2 aliphatic rings. The molecule has 0 unspecified atom stereocenters. The number of nitrogens with one attached hydrogen (secondary N) is 1. The van der Waals surface area contributed by atoms with Crippen LogP contribution in [0.3, 0.4) is 0 Å². The quantitative estimate of drug-likeness (QED) is 0.694. The summed E-state index contributed by atoms with van der Waals surface area (Å²) < 4.78 is 0. The summed E-state index contributed by atoms with van der Waals surface area (Å²) in [4.78, 5) is 23.1. The number of hydrogen-bond donors (Lipinski definition) is 1. The first-order valence-electron chi connectivity index (χ1n) is 11.3. The lowest BCUT2D eigenvalue weighted by Crippen LogP contribution is -2.49. The van der Waals surface area contributed by atoms with E-state index < -0.39 is 0 Å². The lowest BCUT2D eigenvalue weighted by molar-refractivity contribution is -0.137. The van der Waals surface area contributed by atoms with E-state index in [1.807, 2.05) is 6.20 Å². The van der Waals surface area contributed by atoms with Gasteiger partial charge in [0.05, 0.1) is 0 Å². The van der Waals surface area contributed by atoms with Gasteiger partial charge in [0.1, 0.15) is 0 Å². The van der Waals surface area contributed by atoms with E-state index in [1.165, 1.54) is 28.8 Å². The molecule has 0 radical (unpaired) electrons. The smallest absolute Gasteiger partial charge is 0.225 e. The van der Waals surface area contributed by atoms with Gasteiger partial charge in [0.2, 0.25) is 5.91 Å². The summed E-state index contributed by atoms with van der Waals surface area (Å²) in [6, 6.07) is 6.48. The van der Waals surface area contributed by atoms with Crippen LogP contribution in [0.2, 0.25) is 0 Å². The first-order chi connectivity index (χ1) is 14.5. The van der Waals surface area contributed by atoms with Crippen LogP contribution in [-0.2, 0) is 11.3 Å². The van der Waals surface area contributed by atoms with E-state index >= 15 is 0 Å². The number of nitrogens with zero attached hydrogens (tertiary/aromatic N) is 3. The highest BCUT2D eigenvalue weighted by atomic mass is 32.1. The number of piperazine rings is 1. The molecule has 0 atom stereocenters. The van der Waals surface area contributed by atoms with Crippen molar-refractivity contribution in [2.75, 3.05) is 31.5 Å². The van der Waals surface area contributed by atoms with Crippen molar-refractivity contribution in [2.24, 2.45) is 5.92 Å². The van der Waals surface area contributed by atoms with Crippen LogP contribution in [0.25, 0.3) is 0 Å². The van der Waals surface area contributed by atoms with Crippen molar-refractivity contribution in [1.82, 2.24) is 14.8 Å². The van der Waals surface area contributed by atoms with Crippen molar-refractivity contribution in [2.45, 2.75) is 58.9 Å². The van der Waals surface area contributed by atoms with E-state index in [-0.39, 0.29) is 0 Å². The van der Waals surface area contributed by atoms with Crippen LogP contribution in [-0.4, -0.2) is 46.9 Å². The number of benzene rings is 1. The summed E-state index contributed by atoms with van der Waals surface area (Å²) in [5.41, 5.74) is 3.76. The third-order valence-electron chi connectivity index (χ3n) is 6.56. The van der Waals surface area contributed by atoms with E-state index in [9.17, 15) is 4.79 Å². The molecule has 1 N–H and O–H groups in total. The van der Waals surface area contributed by atoms with Gasteiger partial charge in [-0.3, -0.25) is 9.69 Å². The monoisotopic (exact) mass is 426 g/mol. The van der Waals surface area contributed by atoms with Gasteiger partial charge in [0.15, 0.2) is 5.13 Å². The largest absolute Gasteiger partial charge is 0.340 e. The highest BCUT2D eigenvalue weighted by Gasteiger charge is 2.29. The molecule has 0 bridgehead atoms. The Balaban J connectivity index is 1.35. The van der Waals surface area contributed by atoms with Gasteiger partial charge in [0, 0.05) is 55.4 Å². The van der Waals surface area contributed by atoms with Crippen LogP contribution in [0.1, 0.15) is 61.5 Å². The lowest BCUT2D eigenvalue weighted by Gasteiger charge is -2.36. The minimum atomic E-state index is 0.295. The van der Waals surface area contributed by atoms with Crippen molar-refractivity contribution in [3.05, 3.63) is 40.4 Å². The van der Waals surface area contributed by atoms with Crippen LogP contribution < -0.4 is 5.32 Å². The lowest BCUT2D eigenvalue weighted by atomic mass is 10.0.